The van der Waals surface area contributed by atoms with E-state index < -0.39 is 5.97 Å². The van der Waals surface area contributed by atoms with Gasteiger partial charge in [0.15, 0.2) is 0 Å². The van der Waals surface area contributed by atoms with Crippen LogP contribution in [0.15, 0.2) is 16.7 Å². The molecule has 1 aromatic rings. The second kappa shape index (κ2) is 5.37. The minimum Gasteiger partial charge on any atom is -0.481 e. The first-order chi connectivity index (χ1) is 11.3. The molecule has 0 radical (unpaired) electrons. The first kappa shape index (κ1) is 16.2. The van der Waals surface area contributed by atoms with E-state index in [0.29, 0.717) is 24.2 Å². The van der Waals surface area contributed by atoms with Gasteiger partial charge in [-0.1, -0.05) is 27.2 Å². The molecule has 2 saturated carbocycles. The molecule has 0 amide bonds. The molecule has 24 heavy (non-hydrogen) atoms. The molecule has 6 atom stereocenters. The lowest BCUT2D eigenvalue weighted by Gasteiger charge is -2.61. The Hall–Kier alpha value is -1.25. The fraction of sp³-hybridized carbons (Fsp3) is 0.762. The van der Waals surface area contributed by atoms with Crippen LogP contribution < -0.4 is 0 Å². The molecule has 3 heteroatoms. The summed E-state index contributed by atoms with van der Waals surface area (Å²) in [5.41, 5.74) is 1.63. The molecular formula is C21H30O3. The first-order valence-corrected chi connectivity index (χ1v) is 9.63. The van der Waals surface area contributed by atoms with Crippen molar-refractivity contribution in [1.29, 1.82) is 0 Å². The normalized spacial score (nSPS) is 44.3. The van der Waals surface area contributed by atoms with Crippen molar-refractivity contribution in [2.75, 3.05) is 0 Å². The number of hydrogen-bond donors (Lipinski definition) is 1. The fourth-order valence-electron chi connectivity index (χ4n) is 7.08. The number of rotatable bonds is 2. The summed E-state index contributed by atoms with van der Waals surface area (Å²) < 4.78 is 5.82. The van der Waals surface area contributed by atoms with Gasteiger partial charge in [-0.25, -0.2) is 0 Å². The van der Waals surface area contributed by atoms with Crippen LogP contribution in [0.1, 0.15) is 76.5 Å². The molecule has 3 nitrogen and oxygen atoms in total. The van der Waals surface area contributed by atoms with Crippen molar-refractivity contribution in [2.45, 2.75) is 71.6 Å². The molecule has 3 aliphatic carbocycles. The zero-order valence-electron chi connectivity index (χ0n) is 15.2. The summed E-state index contributed by atoms with van der Waals surface area (Å²) in [7, 11) is 0. The number of fused-ring (bicyclic) bond motifs is 4. The van der Waals surface area contributed by atoms with E-state index in [4.69, 9.17) is 4.42 Å². The molecule has 4 rings (SSSR count). The number of furan rings is 1. The Balaban J connectivity index is 1.71. The number of hydrogen-bond acceptors (Lipinski definition) is 2. The molecule has 0 bridgehead atoms. The standard InChI is InChI=1S/C21H30O3/c1-13-14-5-6-18-20(2,12-19(22)23)8-4-9-21(18,3)16(14)11-17-15(13)7-10-24-17/h7,10,13-14,16,18H,4-6,8-9,11-12H2,1-3H3,(H,22,23). The molecule has 1 heterocycles. The van der Waals surface area contributed by atoms with Crippen LogP contribution in [0, 0.1) is 28.6 Å². The van der Waals surface area contributed by atoms with Gasteiger partial charge in [0.25, 0.3) is 0 Å². The summed E-state index contributed by atoms with van der Waals surface area (Å²) in [6, 6.07) is 2.17. The number of aliphatic carboxylic acids is 1. The molecule has 0 spiro atoms. The summed E-state index contributed by atoms with van der Waals surface area (Å²) in [5.74, 6) is 3.02. The van der Waals surface area contributed by atoms with E-state index in [1.165, 1.54) is 37.0 Å². The van der Waals surface area contributed by atoms with Crippen molar-refractivity contribution in [3.05, 3.63) is 23.7 Å². The van der Waals surface area contributed by atoms with Crippen LogP contribution in [0.2, 0.25) is 0 Å². The van der Waals surface area contributed by atoms with Gasteiger partial charge in [0, 0.05) is 6.42 Å². The van der Waals surface area contributed by atoms with Gasteiger partial charge in [0.1, 0.15) is 5.76 Å². The van der Waals surface area contributed by atoms with E-state index in [0.717, 1.165) is 18.8 Å². The van der Waals surface area contributed by atoms with Gasteiger partial charge in [-0.2, -0.15) is 0 Å². The quantitative estimate of drug-likeness (QED) is 0.805. The summed E-state index contributed by atoms with van der Waals surface area (Å²) in [6.45, 7) is 7.08. The zero-order valence-corrected chi connectivity index (χ0v) is 15.2. The number of carbonyl (C=O) groups is 1. The molecular weight excluding hydrogens is 300 g/mol. The molecule has 132 valence electrons. The van der Waals surface area contributed by atoms with Crippen LogP contribution >= 0.6 is 0 Å². The summed E-state index contributed by atoms with van der Waals surface area (Å²) >= 11 is 0. The van der Waals surface area contributed by atoms with Crippen LogP contribution in [0.4, 0.5) is 0 Å². The van der Waals surface area contributed by atoms with Gasteiger partial charge in [-0.05, 0) is 71.8 Å². The van der Waals surface area contributed by atoms with E-state index in [1.807, 2.05) is 6.26 Å². The van der Waals surface area contributed by atoms with Crippen molar-refractivity contribution in [3.8, 4) is 0 Å². The van der Waals surface area contributed by atoms with Gasteiger partial charge in [0.05, 0.1) is 12.7 Å². The minimum absolute atomic E-state index is 0.0452. The lowest BCUT2D eigenvalue weighted by Crippen LogP contribution is -2.55. The molecule has 0 aliphatic heterocycles. The van der Waals surface area contributed by atoms with Crippen molar-refractivity contribution in [1.82, 2.24) is 0 Å². The Morgan fingerprint density at radius 3 is 2.88 bits per heavy atom. The zero-order chi connectivity index (χ0) is 17.1. The lowest BCUT2D eigenvalue weighted by atomic mass is 9.43. The Morgan fingerprint density at radius 1 is 1.33 bits per heavy atom. The third-order valence-electron chi connectivity index (χ3n) is 8.13. The van der Waals surface area contributed by atoms with E-state index in [1.54, 1.807) is 0 Å². The van der Waals surface area contributed by atoms with Crippen molar-refractivity contribution >= 4 is 5.97 Å². The highest BCUT2D eigenvalue weighted by molar-refractivity contribution is 5.67. The van der Waals surface area contributed by atoms with Gasteiger partial charge >= 0.3 is 5.97 Å². The highest BCUT2D eigenvalue weighted by atomic mass is 16.4. The maximum absolute atomic E-state index is 11.5. The SMILES string of the molecule is CC1c2ccoc2CC2C1CCC1C(C)(CC(=O)O)CCCC21C. The van der Waals surface area contributed by atoms with E-state index in [-0.39, 0.29) is 10.8 Å². The largest absolute Gasteiger partial charge is 0.481 e. The smallest absolute Gasteiger partial charge is 0.303 e. The second-order valence-corrected chi connectivity index (χ2v) is 9.28. The molecule has 2 fully saturated rings. The number of carboxylic acids is 1. The molecule has 1 aromatic heterocycles. The Morgan fingerprint density at radius 2 is 2.12 bits per heavy atom. The maximum atomic E-state index is 11.5. The third kappa shape index (κ3) is 2.19. The first-order valence-electron chi connectivity index (χ1n) is 9.63. The maximum Gasteiger partial charge on any atom is 0.303 e. The Bertz CT molecular complexity index is 647. The Kier molecular flexibility index (Phi) is 3.63. The van der Waals surface area contributed by atoms with E-state index in [9.17, 15) is 9.90 Å². The van der Waals surface area contributed by atoms with Crippen LogP contribution in [-0.4, -0.2) is 11.1 Å². The third-order valence-corrected chi connectivity index (χ3v) is 8.13. The Labute approximate surface area is 144 Å². The average Bonchev–Trinajstić information content (AvgIpc) is 2.96. The number of carboxylic acid groups (broad SMARTS) is 1. The summed E-state index contributed by atoms with van der Waals surface area (Å²) in [4.78, 5) is 11.5. The van der Waals surface area contributed by atoms with Gasteiger partial charge in [-0.15, -0.1) is 0 Å². The van der Waals surface area contributed by atoms with Gasteiger partial charge in [-0.3, -0.25) is 4.79 Å². The predicted octanol–water partition coefficient (Wildman–Crippen LogP) is 5.25. The van der Waals surface area contributed by atoms with E-state index >= 15 is 0 Å². The second-order valence-electron chi connectivity index (χ2n) is 9.28. The van der Waals surface area contributed by atoms with Crippen molar-refractivity contribution in [3.63, 3.8) is 0 Å². The van der Waals surface area contributed by atoms with Gasteiger partial charge < -0.3 is 9.52 Å². The monoisotopic (exact) mass is 330 g/mol. The van der Waals surface area contributed by atoms with Crippen LogP contribution in [0.3, 0.4) is 0 Å². The highest BCUT2D eigenvalue weighted by Gasteiger charge is 2.58. The van der Waals surface area contributed by atoms with Gasteiger partial charge in [0.2, 0.25) is 0 Å². The van der Waals surface area contributed by atoms with E-state index in [2.05, 4.69) is 26.8 Å². The van der Waals surface area contributed by atoms with Crippen LogP contribution in [-0.2, 0) is 11.2 Å². The molecule has 0 saturated heterocycles. The lowest BCUT2D eigenvalue weighted by molar-refractivity contribution is -0.150. The summed E-state index contributed by atoms with van der Waals surface area (Å²) in [6.07, 6.45) is 9.15. The molecule has 1 N–H and O–H groups in total. The van der Waals surface area contributed by atoms with Crippen molar-refractivity contribution in [2.24, 2.45) is 28.6 Å². The van der Waals surface area contributed by atoms with Crippen LogP contribution in [0.25, 0.3) is 0 Å². The average molecular weight is 330 g/mol. The van der Waals surface area contributed by atoms with Crippen molar-refractivity contribution < 1.29 is 14.3 Å². The highest BCUT2D eigenvalue weighted by Crippen LogP contribution is 2.65. The topological polar surface area (TPSA) is 50.4 Å². The van der Waals surface area contributed by atoms with Crippen LogP contribution in [0.5, 0.6) is 0 Å². The molecule has 6 unspecified atom stereocenters. The predicted molar refractivity (Wildman–Crippen MR) is 92.8 cm³/mol. The molecule has 0 aromatic carbocycles. The molecule has 3 aliphatic rings. The summed E-state index contributed by atoms with van der Waals surface area (Å²) in [5, 5.41) is 9.47. The minimum atomic E-state index is -0.630. The fourth-order valence-corrected chi connectivity index (χ4v) is 7.08.